The van der Waals surface area contributed by atoms with Gasteiger partial charge in [-0.25, -0.2) is 0 Å². The molecule has 0 saturated heterocycles. The summed E-state index contributed by atoms with van der Waals surface area (Å²) in [7, 11) is 1.82. The molecule has 2 aromatic rings. The molecule has 1 heterocycles. The number of hydrogen-bond acceptors (Lipinski definition) is 4. The zero-order valence-corrected chi connectivity index (χ0v) is 10.9. The molecule has 0 amide bonds. The fraction of sp³-hybridized carbons (Fsp3) is 0.273. The van der Waals surface area contributed by atoms with Crippen LogP contribution in [0.2, 0.25) is 10.0 Å². The summed E-state index contributed by atoms with van der Waals surface area (Å²) in [4.78, 5) is 0. The molecule has 17 heavy (non-hydrogen) atoms. The molecule has 90 valence electrons. The molecule has 0 aliphatic rings. The maximum absolute atomic E-state index is 6.08. The van der Waals surface area contributed by atoms with E-state index in [0.29, 0.717) is 27.4 Å². The van der Waals surface area contributed by atoms with E-state index in [9.17, 15) is 0 Å². The number of nitrogens with zero attached hydrogens (tertiary/aromatic N) is 2. The lowest BCUT2D eigenvalue weighted by Gasteiger charge is -2.03. The minimum Gasteiger partial charge on any atom is -0.419 e. The van der Waals surface area contributed by atoms with Gasteiger partial charge in [0, 0.05) is 0 Å². The highest BCUT2D eigenvalue weighted by atomic mass is 35.5. The summed E-state index contributed by atoms with van der Waals surface area (Å²) in [5, 5.41) is 11.8. The molecule has 0 saturated carbocycles. The summed E-state index contributed by atoms with van der Waals surface area (Å²) in [6.45, 7) is 1.93. The third-order valence-electron chi connectivity index (χ3n) is 2.43. The second-order valence-electron chi connectivity index (χ2n) is 3.56. The van der Waals surface area contributed by atoms with Crippen molar-refractivity contribution in [2.24, 2.45) is 0 Å². The average molecular weight is 272 g/mol. The topological polar surface area (TPSA) is 51.0 Å². The first-order chi connectivity index (χ1) is 8.13. The fourth-order valence-electron chi connectivity index (χ4n) is 1.31. The molecule has 0 aliphatic heterocycles. The summed E-state index contributed by atoms with van der Waals surface area (Å²) in [6.07, 6.45) is 0. The Morgan fingerprint density at radius 3 is 2.76 bits per heavy atom. The van der Waals surface area contributed by atoms with Gasteiger partial charge in [0.2, 0.25) is 11.8 Å². The highest BCUT2D eigenvalue weighted by Crippen LogP contribution is 2.32. The van der Waals surface area contributed by atoms with Crippen LogP contribution in [0.1, 0.15) is 18.9 Å². The molecular weight excluding hydrogens is 261 g/mol. The van der Waals surface area contributed by atoms with E-state index in [1.54, 1.807) is 18.2 Å². The lowest BCUT2D eigenvalue weighted by Crippen LogP contribution is -2.12. The number of aromatic nitrogens is 2. The highest BCUT2D eigenvalue weighted by Gasteiger charge is 2.16. The van der Waals surface area contributed by atoms with Crippen LogP contribution in [0.5, 0.6) is 0 Å². The van der Waals surface area contributed by atoms with Crippen LogP contribution in [0.25, 0.3) is 11.5 Å². The molecule has 1 atom stereocenters. The van der Waals surface area contributed by atoms with Gasteiger partial charge in [0.15, 0.2) is 0 Å². The van der Waals surface area contributed by atoms with E-state index < -0.39 is 0 Å². The Morgan fingerprint density at radius 1 is 1.29 bits per heavy atom. The van der Waals surface area contributed by atoms with Gasteiger partial charge in [-0.3, -0.25) is 0 Å². The number of hydrogen-bond donors (Lipinski definition) is 1. The van der Waals surface area contributed by atoms with Gasteiger partial charge in [-0.2, -0.15) is 0 Å². The molecule has 2 rings (SSSR count). The summed E-state index contributed by atoms with van der Waals surface area (Å²) in [6, 6.07) is 5.28. The van der Waals surface area contributed by atoms with Crippen molar-refractivity contribution in [1.29, 1.82) is 0 Å². The van der Waals surface area contributed by atoms with Crippen LogP contribution in [0.4, 0.5) is 0 Å². The van der Waals surface area contributed by atoms with Gasteiger partial charge in [-0.1, -0.05) is 29.3 Å². The molecule has 0 bridgehead atoms. The minimum absolute atomic E-state index is 0.00536. The van der Waals surface area contributed by atoms with Crippen LogP contribution in [0, 0.1) is 0 Å². The van der Waals surface area contributed by atoms with Crippen LogP contribution in [0.15, 0.2) is 22.6 Å². The maximum atomic E-state index is 6.08. The minimum atomic E-state index is -0.00536. The SMILES string of the molecule is CNC(C)c1nnc(-c2cccc(Cl)c2Cl)o1. The Balaban J connectivity index is 2.40. The van der Waals surface area contributed by atoms with Crippen molar-refractivity contribution in [2.75, 3.05) is 7.05 Å². The lowest BCUT2D eigenvalue weighted by molar-refractivity contribution is 0.441. The van der Waals surface area contributed by atoms with Crippen molar-refractivity contribution in [1.82, 2.24) is 15.5 Å². The lowest BCUT2D eigenvalue weighted by atomic mass is 10.2. The third-order valence-corrected chi connectivity index (χ3v) is 3.24. The Kier molecular flexibility index (Phi) is 3.66. The van der Waals surface area contributed by atoms with Gasteiger partial charge in [0.05, 0.1) is 21.7 Å². The summed E-state index contributed by atoms with van der Waals surface area (Å²) < 4.78 is 5.53. The molecule has 0 radical (unpaired) electrons. The second kappa shape index (κ2) is 5.04. The van der Waals surface area contributed by atoms with Crippen molar-refractivity contribution < 1.29 is 4.42 Å². The monoisotopic (exact) mass is 271 g/mol. The first-order valence-electron chi connectivity index (χ1n) is 5.08. The molecule has 1 aromatic heterocycles. The van der Waals surface area contributed by atoms with Crippen LogP contribution >= 0.6 is 23.2 Å². The summed E-state index contributed by atoms with van der Waals surface area (Å²) in [5.74, 6) is 0.883. The van der Waals surface area contributed by atoms with Crippen LogP contribution < -0.4 is 5.32 Å². The number of nitrogens with one attached hydrogen (secondary N) is 1. The van der Waals surface area contributed by atoms with E-state index in [0.717, 1.165) is 0 Å². The molecule has 0 spiro atoms. The average Bonchev–Trinajstić information content (AvgIpc) is 2.81. The van der Waals surface area contributed by atoms with E-state index in [2.05, 4.69) is 15.5 Å². The molecule has 1 aromatic carbocycles. The van der Waals surface area contributed by atoms with Crippen molar-refractivity contribution >= 4 is 23.2 Å². The highest BCUT2D eigenvalue weighted by molar-refractivity contribution is 6.43. The van der Waals surface area contributed by atoms with E-state index in [-0.39, 0.29) is 6.04 Å². The van der Waals surface area contributed by atoms with Gasteiger partial charge in [-0.15, -0.1) is 10.2 Å². The Hall–Kier alpha value is -1.10. The van der Waals surface area contributed by atoms with Gasteiger partial charge in [0.25, 0.3) is 0 Å². The fourth-order valence-corrected chi connectivity index (χ4v) is 1.69. The van der Waals surface area contributed by atoms with Crippen molar-refractivity contribution in [3.05, 3.63) is 34.1 Å². The standard InChI is InChI=1S/C11H11Cl2N3O/c1-6(14-2)10-15-16-11(17-10)7-4-3-5-8(12)9(7)13/h3-6,14H,1-2H3. The predicted octanol–water partition coefficient (Wildman–Crippen LogP) is 3.32. The van der Waals surface area contributed by atoms with Crippen molar-refractivity contribution in [2.45, 2.75) is 13.0 Å². The third kappa shape index (κ3) is 2.44. The summed E-state index contributed by atoms with van der Waals surface area (Å²) in [5.41, 5.74) is 0.640. The molecule has 6 heteroatoms. The number of halogens is 2. The van der Waals surface area contributed by atoms with E-state index in [1.165, 1.54) is 0 Å². The summed E-state index contributed by atoms with van der Waals surface area (Å²) >= 11 is 12.0. The zero-order valence-electron chi connectivity index (χ0n) is 9.37. The van der Waals surface area contributed by atoms with Gasteiger partial charge in [-0.05, 0) is 26.1 Å². The van der Waals surface area contributed by atoms with E-state index >= 15 is 0 Å². The Labute approximate surface area is 109 Å². The quantitative estimate of drug-likeness (QED) is 0.931. The van der Waals surface area contributed by atoms with Crippen LogP contribution in [-0.4, -0.2) is 17.2 Å². The molecule has 4 nitrogen and oxygen atoms in total. The number of rotatable bonds is 3. The van der Waals surface area contributed by atoms with E-state index in [1.807, 2.05) is 14.0 Å². The maximum Gasteiger partial charge on any atom is 0.249 e. The number of benzene rings is 1. The second-order valence-corrected chi connectivity index (χ2v) is 4.34. The predicted molar refractivity (Wildman–Crippen MR) is 67.2 cm³/mol. The first kappa shape index (κ1) is 12.4. The van der Waals surface area contributed by atoms with Gasteiger partial charge < -0.3 is 9.73 Å². The van der Waals surface area contributed by atoms with Gasteiger partial charge >= 0.3 is 0 Å². The van der Waals surface area contributed by atoms with Crippen LogP contribution in [0.3, 0.4) is 0 Å². The molecular formula is C11H11Cl2N3O. The van der Waals surface area contributed by atoms with Gasteiger partial charge in [0.1, 0.15) is 0 Å². The Bertz CT molecular complexity index is 527. The first-order valence-corrected chi connectivity index (χ1v) is 5.84. The molecule has 1 N–H and O–H groups in total. The van der Waals surface area contributed by atoms with Crippen molar-refractivity contribution in [3.63, 3.8) is 0 Å². The molecule has 1 unspecified atom stereocenters. The zero-order chi connectivity index (χ0) is 12.4. The van der Waals surface area contributed by atoms with Crippen molar-refractivity contribution in [3.8, 4) is 11.5 Å². The molecule has 0 aliphatic carbocycles. The van der Waals surface area contributed by atoms with Crippen LogP contribution in [-0.2, 0) is 0 Å². The largest absolute Gasteiger partial charge is 0.419 e. The Morgan fingerprint density at radius 2 is 2.06 bits per heavy atom. The molecule has 0 fully saturated rings. The normalized spacial score (nSPS) is 12.7. The smallest absolute Gasteiger partial charge is 0.249 e. The van der Waals surface area contributed by atoms with E-state index in [4.69, 9.17) is 27.6 Å².